The lowest BCUT2D eigenvalue weighted by atomic mass is 10.1. The van der Waals surface area contributed by atoms with Crippen LogP contribution in [0.2, 0.25) is 10.4 Å². The number of rotatable bonds is 1. The summed E-state index contributed by atoms with van der Waals surface area (Å²) in [6.07, 6.45) is 0. The summed E-state index contributed by atoms with van der Waals surface area (Å²) in [5.74, 6) is 0. The molecule has 0 atom stereocenters. The molecular weight excluding hydrogens is 231 g/mol. The van der Waals surface area contributed by atoms with E-state index in [-0.39, 0.29) is 5.28 Å². The average molecular weight is 239 g/mol. The van der Waals surface area contributed by atoms with Gasteiger partial charge in [-0.1, -0.05) is 41.4 Å². The maximum absolute atomic E-state index is 5.80. The minimum atomic E-state index is 0.165. The van der Waals surface area contributed by atoms with E-state index in [2.05, 4.69) is 9.97 Å². The summed E-state index contributed by atoms with van der Waals surface area (Å²) in [5.41, 5.74) is 2.91. The highest BCUT2D eigenvalue weighted by atomic mass is 35.5. The highest BCUT2D eigenvalue weighted by molar-refractivity contribution is 6.32. The molecular formula is C11H8Cl2N2. The number of hydrogen-bond donors (Lipinski definition) is 0. The van der Waals surface area contributed by atoms with Crippen molar-refractivity contribution in [1.29, 1.82) is 0 Å². The van der Waals surface area contributed by atoms with Crippen LogP contribution in [0.3, 0.4) is 0 Å². The van der Waals surface area contributed by atoms with Gasteiger partial charge in [-0.25, -0.2) is 9.97 Å². The standard InChI is InChI=1S/C11H8Cl2N2/c1-7-2-4-8(5-3-7)9-6-10(12)15-11(13)14-9/h2-6H,1H3. The zero-order valence-corrected chi connectivity index (χ0v) is 9.55. The Morgan fingerprint density at radius 2 is 1.67 bits per heavy atom. The van der Waals surface area contributed by atoms with Crippen LogP contribution in [0.4, 0.5) is 0 Å². The van der Waals surface area contributed by atoms with E-state index in [1.807, 2.05) is 31.2 Å². The largest absolute Gasteiger partial charge is 0.224 e. The molecule has 0 saturated carbocycles. The summed E-state index contributed by atoms with van der Waals surface area (Å²) in [6.45, 7) is 2.03. The molecule has 2 rings (SSSR count). The second kappa shape index (κ2) is 4.17. The van der Waals surface area contributed by atoms with Gasteiger partial charge >= 0.3 is 0 Å². The van der Waals surface area contributed by atoms with Gasteiger partial charge in [-0.3, -0.25) is 0 Å². The SMILES string of the molecule is Cc1ccc(-c2cc(Cl)nc(Cl)n2)cc1. The molecule has 0 aliphatic carbocycles. The zero-order valence-electron chi connectivity index (χ0n) is 8.04. The van der Waals surface area contributed by atoms with Crippen LogP contribution in [0.25, 0.3) is 11.3 Å². The van der Waals surface area contributed by atoms with Gasteiger partial charge in [0.1, 0.15) is 5.15 Å². The minimum Gasteiger partial charge on any atom is -0.218 e. The van der Waals surface area contributed by atoms with E-state index >= 15 is 0 Å². The minimum absolute atomic E-state index is 0.165. The monoisotopic (exact) mass is 238 g/mol. The topological polar surface area (TPSA) is 25.8 Å². The van der Waals surface area contributed by atoms with Crippen LogP contribution < -0.4 is 0 Å². The van der Waals surface area contributed by atoms with Crippen LogP contribution >= 0.6 is 23.2 Å². The number of aromatic nitrogens is 2. The molecule has 1 aromatic heterocycles. The number of halogens is 2. The molecule has 0 radical (unpaired) electrons. The smallest absolute Gasteiger partial charge is 0.218 e. The Kier molecular flexibility index (Phi) is 2.89. The van der Waals surface area contributed by atoms with Crippen molar-refractivity contribution in [2.45, 2.75) is 6.92 Å². The third kappa shape index (κ3) is 2.46. The first-order valence-electron chi connectivity index (χ1n) is 4.42. The second-order valence-electron chi connectivity index (χ2n) is 3.21. The van der Waals surface area contributed by atoms with Crippen molar-refractivity contribution < 1.29 is 0 Å². The van der Waals surface area contributed by atoms with Crippen LogP contribution in [-0.2, 0) is 0 Å². The molecule has 4 heteroatoms. The van der Waals surface area contributed by atoms with Crippen molar-refractivity contribution in [3.05, 3.63) is 46.3 Å². The summed E-state index contributed by atoms with van der Waals surface area (Å²) in [6, 6.07) is 9.67. The van der Waals surface area contributed by atoms with Crippen LogP contribution in [-0.4, -0.2) is 9.97 Å². The van der Waals surface area contributed by atoms with E-state index in [0.717, 1.165) is 11.3 Å². The Bertz CT molecular complexity index is 460. The van der Waals surface area contributed by atoms with Crippen LogP contribution in [0.1, 0.15) is 5.56 Å². The zero-order chi connectivity index (χ0) is 10.8. The molecule has 0 fully saturated rings. The van der Waals surface area contributed by atoms with Crippen LogP contribution in [0, 0.1) is 6.92 Å². The predicted octanol–water partition coefficient (Wildman–Crippen LogP) is 3.76. The Labute approximate surface area is 97.9 Å². The molecule has 1 heterocycles. The van der Waals surface area contributed by atoms with E-state index in [1.165, 1.54) is 5.56 Å². The molecule has 0 amide bonds. The van der Waals surface area contributed by atoms with Gasteiger partial charge in [0, 0.05) is 11.6 Å². The molecule has 76 valence electrons. The van der Waals surface area contributed by atoms with Crippen LogP contribution in [0.5, 0.6) is 0 Å². The Balaban J connectivity index is 2.49. The predicted molar refractivity (Wildman–Crippen MR) is 62.2 cm³/mol. The molecule has 0 spiro atoms. The van der Waals surface area contributed by atoms with Crippen molar-refractivity contribution in [2.75, 3.05) is 0 Å². The van der Waals surface area contributed by atoms with Gasteiger partial charge in [0.15, 0.2) is 0 Å². The normalized spacial score (nSPS) is 10.3. The van der Waals surface area contributed by atoms with Gasteiger partial charge in [-0.15, -0.1) is 0 Å². The van der Waals surface area contributed by atoms with Gasteiger partial charge in [0.05, 0.1) is 5.69 Å². The summed E-state index contributed by atoms with van der Waals surface area (Å²) < 4.78 is 0. The van der Waals surface area contributed by atoms with Gasteiger partial charge in [-0.2, -0.15) is 0 Å². The fourth-order valence-electron chi connectivity index (χ4n) is 1.26. The molecule has 1 aromatic carbocycles. The first kappa shape index (κ1) is 10.4. The highest BCUT2D eigenvalue weighted by Gasteiger charge is 2.03. The van der Waals surface area contributed by atoms with E-state index in [4.69, 9.17) is 23.2 Å². The van der Waals surface area contributed by atoms with Gasteiger partial charge in [0.25, 0.3) is 0 Å². The molecule has 0 aliphatic heterocycles. The number of hydrogen-bond acceptors (Lipinski definition) is 2. The Morgan fingerprint density at radius 1 is 1.00 bits per heavy atom. The highest BCUT2D eigenvalue weighted by Crippen LogP contribution is 2.21. The fourth-order valence-corrected chi connectivity index (χ4v) is 1.67. The lowest BCUT2D eigenvalue weighted by Gasteiger charge is -2.02. The van der Waals surface area contributed by atoms with E-state index < -0.39 is 0 Å². The van der Waals surface area contributed by atoms with E-state index in [1.54, 1.807) is 6.07 Å². The van der Waals surface area contributed by atoms with Crippen molar-refractivity contribution in [3.8, 4) is 11.3 Å². The van der Waals surface area contributed by atoms with E-state index in [9.17, 15) is 0 Å². The molecule has 2 aromatic rings. The second-order valence-corrected chi connectivity index (χ2v) is 3.94. The van der Waals surface area contributed by atoms with Crippen LogP contribution in [0.15, 0.2) is 30.3 Å². The molecule has 0 bridgehead atoms. The molecule has 0 saturated heterocycles. The van der Waals surface area contributed by atoms with Crippen molar-refractivity contribution in [1.82, 2.24) is 9.97 Å². The summed E-state index contributed by atoms with van der Waals surface area (Å²) in [4.78, 5) is 7.90. The molecule has 0 unspecified atom stereocenters. The van der Waals surface area contributed by atoms with Crippen molar-refractivity contribution in [2.24, 2.45) is 0 Å². The first-order valence-corrected chi connectivity index (χ1v) is 5.18. The van der Waals surface area contributed by atoms with E-state index in [0.29, 0.717) is 5.15 Å². The van der Waals surface area contributed by atoms with Crippen molar-refractivity contribution in [3.63, 3.8) is 0 Å². The lowest BCUT2D eigenvalue weighted by molar-refractivity contribution is 1.17. The summed E-state index contributed by atoms with van der Waals surface area (Å²) in [7, 11) is 0. The maximum Gasteiger partial charge on any atom is 0.224 e. The Hall–Kier alpha value is -1.12. The maximum atomic E-state index is 5.80. The lowest BCUT2D eigenvalue weighted by Crippen LogP contribution is -1.88. The third-order valence-electron chi connectivity index (χ3n) is 2.01. The average Bonchev–Trinajstić information content (AvgIpc) is 2.17. The van der Waals surface area contributed by atoms with Crippen molar-refractivity contribution >= 4 is 23.2 Å². The van der Waals surface area contributed by atoms with Gasteiger partial charge in [0.2, 0.25) is 5.28 Å². The summed E-state index contributed by atoms with van der Waals surface area (Å²) in [5, 5.41) is 0.517. The molecule has 0 aliphatic rings. The molecule has 15 heavy (non-hydrogen) atoms. The number of benzene rings is 1. The fraction of sp³-hybridized carbons (Fsp3) is 0.0909. The number of aryl methyl sites for hydroxylation is 1. The summed E-state index contributed by atoms with van der Waals surface area (Å²) >= 11 is 11.5. The Morgan fingerprint density at radius 3 is 2.27 bits per heavy atom. The third-order valence-corrected chi connectivity index (χ3v) is 2.38. The van der Waals surface area contributed by atoms with Gasteiger partial charge < -0.3 is 0 Å². The quantitative estimate of drug-likeness (QED) is 0.559. The molecule has 0 N–H and O–H groups in total. The molecule has 2 nitrogen and oxygen atoms in total. The number of nitrogens with zero attached hydrogens (tertiary/aromatic N) is 2. The van der Waals surface area contributed by atoms with Gasteiger partial charge in [-0.05, 0) is 18.5 Å². The first-order chi connectivity index (χ1) is 7.15.